The van der Waals surface area contributed by atoms with Crippen molar-refractivity contribution in [2.24, 2.45) is 12.8 Å². The fraction of sp³-hybridized carbons (Fsp3) is 0.125. The van der Waals surface area contributed by atoms with Gasteiger partial charge < -0.3 is 16.4 Å². The second-order valence-electron chi connectivity index (χ2n) is 5.41. The monoisotopic (exact) mass is 375 g/mol. The van der Waals surface area contributed by atoms with E-state index in [9.17, 15) is 9.18 Å². The van der Waals surface area contributed by atoms with E-state index in [1.807, 2.05) is 0 Å². The normalized spacial score (nSPS) is 10.6. The second-order valence-corrected chi connectivity index (χ2v) is 5.79. The van der Waals surface area contributed by atoms with Crippen LogP contribution >= 0.6 is 11.6 Å². The molecule has 0 saturated carbocycles. The molecule has 0 aliphatic carbocycles. The third kappa shape index (κ3) is 3.89. The van der Waals surface area contributed by atoms with E-state index in [1.54, 1.807) is 36.3 Å². The molecule has 134 valence electrons. The summed E-state index contributed by atoms with van der Waals surface area (Å²) in [5.74, 6) is -0.761. The lowest BCUT2D eigenvalue weighted by Gasteiger charge is -2.12. The summed E-state index contributed by atoms with van der Waals surface area (Å²) in [5.41, 5.74) is 6.67. The molecular formula is C16H15ClFN7O. The first-order valence-electron chi connectivity index (χ1n) is 7.53. The molecule has 1 aromatic carbocycles. The van der Waals surface area contributed by atoms with Gasteiger partial charge in [0.2, 0.25) is 5.95 Å². The van der Waals surface area contributed by atoms with Crippen LogP contribution in [0.15, 0.2) is 36.8 Å². The molecular weight excluding hydrogens is 361 g/mol. The quantitative estimate of drug-likeness (QED) is 0.610. The van der Waals surface area contributed by atoms with Crippen molar-refractivity contribution in [2.45, 2.75) is 6.54 Å². The minimum atomic E-state index is -0.689. The largest absolute Gasteiger partial charge is 0.365 e. The van der Waals surface area contributed by atoms with Gasteiger partial charge in [-0.2, -0.15) is 10.1 Å². The molecule has 1 amide bonds. The highest BCUT2D eigenvalue weighted by atomic mass is 35.5. The molecule has 8 nitrogen and oxygen atoms in total. The fourth-order valence-corrected chi connectivity index (χ4v) is 2.43. The van der Waals surface area contributed by atoms with Crippen molar-refractivity contribution in [3.05, 3.63) is 58.8 Å². The average Bonchev–Trinajstić information content (AvgIpc) is 3.01. The van der Waals surface area contributed by atoms with E-state index in [-0.39, 0.29) is 28.9 Å². The first-order chi connectivity index (χ1) is 12.4. The Morgan fingerprint density at radius 2 is 2.19 bits per heavy atom. The van der Waals surface area contributed by atoms with Crippen LogP contribution in [0.2, 0.25) is 5.02 Å². The smallest absolute Gasteiger partial charge is 0.254 e. The molecule has 0 radical (unpaired) electrons. The lowest BCUT2D eigenvalue weighted by atomic mass is 10.2. The number of nitrogens with two attached hydrogens (primary N) is 1. The van der Waals surface area contributed by atoms with Crippen LogP contribution in [0.5, 0.6) is 0 Å². The summed E-state index contributed by atoms with van der Waals surface area (Å²) in [7, 11) is 1.78. The topological polar surface area (TPSA) is 111 Å². The van der Waals surface area contributed by atoms with Gasteiger partial charge in [-0.1, -0.05) is 23.7 Å². The van der Waals surface area contributed by atoms with E-state index in [4.69, 9.17) is 17.3 Å². The Hall–Kier alpha value is -3.20. The number of aryl methyl sites for hydroxylation is 1. The lowest BCUT2D eigenvalue weighted by Crippen LogP contribution is -2.17. The molecule has 0 fully saturated rings. The number of amides is 1. The van der Waals surface area contributed by atoms with Crippen molar-refractivity contribution in [1.82, 2.24) is 19.7 Å². The van der Waals surface area contributed by atoms with Crippen molar-refractivity contribution in [1.29, 1.82) is 0 Å². The maximum absolute atomic E-state index is 13.5. The molecule has 26 heavy (non-hydrogen) atoms. The predicted octanol–water partition coefficient (Wildman–Crippen LogP) is 2.46. The Bertz CT molecular complexity index is 960. The van der Waals surface area contributed by atoms with Crippen molar-refractivity contribution in [2.75, 3.05) is 10.6 Å². The molecule has 2 aromatic heterocycles. The molecule has 3 aromatic rings. The molecule has 0 atom stereocenters. The van der Waals surface area contributed by atoms with Gasteiger partial charge in [-0.3, -0.25) is 9.48 Å². The van der Waals surface area contributed by atoms with E-state index >= 15 is 0 Å². The maximum atomic E-state index is 13.5. The SMILES string of the molecule is Cn1cc(Nc2ncc(C(N)=O)c(NCc3cccc(F)c3Cl)n2)cn1. The molecule has 4 N–H and O–H groups in total. The number of nitrogens with one attached hydrogen (secondary N) is 2. The second kappa shape index (κ2) is 7.36. The Balaban J connectivity index is 1.84. The summed E-state index contributed by atoms with van der Waals surface area (Å²) in [6.45, 7) is 0.153. The number of halogens is 2. The number of hydrogen-bond donors (Lipinski definition) is 3. The van der Waals surface area contributed by atoms with Crippen molar-refractivity contribution < 1.29 is 9.18 Å². The zero-order valence-corrected chi connectivity index (χ0v) is 14.5. The van der Waals surface area contributed by atoms with Gasteiger partial charge >= 0.3 is 0 Å². The summed E-state index contributed by atoms with van der Waals surface area (Å²) >= 11 is 5.94. The highest BCUT2D eigenvalue weighted by molar-refractivity contribution is 6.31. The van der Waals surface area contributed by atoms with Crippen LogP contribution in [-0.2, 0) is 13.6 Å². The van der Waals surface area contributed by atoms with E-state index in [1.165, 1.54) is 12.3 Å². The molecule has 0 bridgehead atoms. The van der Waals surface area contributed by atoms with Crippen LogP contribution in [-0.4, -0.2) is 25.7 Å². The summed E-state index contributed by atoms with van der Waals surface area (Å²) in [4.78, 5) is 19.9. The zero-order valence-electron chi connectivity index (χ0n) is 13.7. The lowest BCUT2D eigenvalue weighted by molar-refractivity contribution is 0.100. The number of aromatic nitrogens is 4. The van der Waals surface area contributed by atoms with Crippen LogP contribution in [0.3, 0.4) is 0 Å². The van der Waals surface area contributed by atoms with E-state index in [0.29, 0.717) is 11.3 Å². The van der Waals surface area contributed by atoms with E-state index in [0.717, 1.165) is 0 Å². The van der Waals surface area contributed by atoms with E-state index in [2.05, 4.69) is 25.7 Å². The maximum Gasteiger partial charge on any atom is 0.254 e. The highest BCUT2D eigenvalue weighted by Crippen LogP contribution is 2.22. The fourth-order valence-electron chi connectivity index (χ4n) is 2.24. The average molecular weight is 376 g/mol. The van der Waals surface area contributed by atoms with Crippen LogP contribution in [0.1, 0.15) is 15.9 Å². The number of nitrogens with zero attached hydrogens (tertiary/aromatic N) is 4. The van der Waals surface area contributed by atoms with Gasteiger partial charge in [0.25, 0.3) is 5.91 Å². The number of carbonyl (C=O) groups excluding carboxylic acids is 1. The molecule has 2 heterocycles. The van der Waals surface area contributed by atoms with Gasteiger partial charge in [-0.05, 0) is 11.6 Å². The van der Waals surface area contributed by atoms with Crippen LogP contribution < -0.4 is 16.4 Å². The molecule has 0 aliphatic heterocycles. The van der Waals surface area contributed by atoms with E-state index < -0.39 is 11.7 Å². The summed E-state index contributed by atoms with van der Waals surface area (Å²) < 4.78 is 15.2. The highest BCUT2D eigenvalue weighted by Gasteiger charge is 2.14. The molecule has 10 heteroatoms. The van der Waals surface area contributed by atoms with Crippen LogP contribution in [0.25, 0.3) is 0 Å². The van der Waals surface area contributed by atoms with Crippen molar-refractivity contribution in [3.8, 4) is 0 Å². The number of hydrogen-bond acceptors (Lipinski definition) is 6. The predicted molar refractivity (Wildman–Crippen MR) is 95.8 cm³/mol. The molecule has 0 aliphatic rings. The van der Waals surface area contributed by atoms with Crippen LogP contribution in [0, 0.1) is 5.82 Å². The summed E-state index contributed by atoms with van der Waals surface area (Å²) in [6.07, 6.45) is 4.65. The zero-order chi connectivity index (χ0) is 18.7. The third-order valence-corrected chi connectivity index (χ3v) is 3.92. The summed E-state index contributed by atoms with van der Waals surface area (Å²) in [6, 6.07) is 4.47. The number of rotatable bonds is 6. The van der Waals surface area contributed by atoms with Crippen molar-refractivity contribution >= 4 is 35.0 Å². The number of anilines is 3. The van der Waals surface area contributed by atoms with Crippen LogP contribution in [0.4, 0.5) is 21.8 Å². The Kier molecular flexibility index (Phi) is 4.99. The van der Waals surface area contributed by atoms with Gasteiger partial charge in [0, 0.05) is 26.0 Å². The minimum absolute atomic E-state index is 0.00314. The summed E-state index contributed by atoms with van der Waals surface area (Å²) in [5, 5.41) is 9.95. The Morgan fingerprint density at radius 3 is 2.88 bits per heavy atom. The van der Waals surface area contributed by atoms with Gasteiger partial charge in [-0.15, -0.1) is 0 Å². The standard InChI is InChI=1S/C16H15ClFN7O/c1-25-8-10(6-22-25)23-16-21-7-11(14(19)26)15(24-16)20-5-9-3-2-4-12(18)13(9)17/h2-4,6-8H,5H2,1H3,(H2,19,26)(H2,20,21,23,24). The molecule has 3 rings (SSSR count). The molecule has 0 spiro atoms. The number of primary amides is 1. The first-order valence-corrected chi connectivity index (χ1v) is 7.91. The Morgan fingerprint density at radius 1 is 1.38 bits per heavy atom. The van der Waals surface area contributed by atoms with Gasteiger partial charge in [0.05, 0.1) is 22.5 Å². The van der Waals surface area contributed by atoms with Gasteiger partial charge in [0.1, 0.15) is 11.6 Å². The third-order valence-electron chi connectivity index (χ3n) is 3.49. The first kappa shape index (κ1) is 17.6. The van der Waals surface area contributed by atoms with Crippen molar-refractivity contribution in [3.63, 3.8) is 0 Å². The molecule has 0 saturated heterocycles. The minimum Gasteiger partial charge on any atom is -0.365 e. The number of benzene rings is 1. The number of carbonyl (C=O) groups is 1. The van der Waals surface area contributed by atoms with Gasteiger partial charge in [0.15, 0.2) is 0 Å². The Labute approximate surface area is 153 Å². The molecule has 0 unspecified atom stereocenters. The van der Waals surface area contributed by atoms with Gasteiger partial charge in [-0.25, -0.2) is 9.37 Å².